The fraction of sp³-hybridized carbons (Fsp3) is 0.700. The van der Waals surface area contributed by atoms with Crippen LogP contribution in [0.5, 0.6) is 0 Å². The van der Waals surface area contributed by atoms with Gasteiger partial charge < -0.3 is 9.64 Å². The van der Waals surface area contributed by atoms with E-state index in [0.29, 0.717) is 11.3 Å². The van der Waals surface area contributed by atoms with Crippen LogP contribution in [-0.2, 0) is 4.74 Å². The molecule has 2 heterocycles. The van der Waals surface area contributed by atoms with Crippen LogP contribution in [0.1, 0.15) is 19.8 Å². The number of anilines is 1. The Hall–Kier alpha value is -0.320. The van der Waals surface area contributed by atoms with Gasteiger partial charge >= 0.3 is 0 Å². The van der Waals surface area contributed by atoms with Gasteiger partial charge in [0.2, 0.25) is 0 Å². The van der Waals surface area contributed by atoms with E-state index < -0.39 is 0 Å². The third-order valence-corrected chi connectivity index (χ3v) is 3.80. The van der Waals surface area contributed by atoms with Crippen LogP contribution in [0, 0.1) is 0 Å². The summed E-state index contributed by atoms with van der Waals surface area (Å²) in [5.41, 5.74) is 0. The van der Waals surface area contributed by atoms with Crippen molar-refractivity contribution in [3.63, 3.8) is 0 Å². The molecule has 84 valence electrons. The van der Waals surface area contributed by atoms with E-state index in [1.807, 2.05) is 12.3 Å². The summed E-state index contributed by atoms with van der Waals surface area (Å²) in [6.45, 7) is 4.91. The third kappa shape index (κ3) is 2.83. The van der Waals surface area contributed by atoms with Gasteiger partial charge in [-0.05, 0) is 19.8 Å². The fourth-order valence-electron chi connectivity index (χ4n) is 1.84. The molecule has 0 atom stereocenters. The topological polar surface area (TPSA) is 25.4 Å². The molecular weight excluding hydrogens is 232 g/mol. The fourth-order valence-corrected chi connectivity index (χ4v) is 2.84. The predicted molar refractivity (Wildman–Crippen MR) is 64.0 cm³/mol. The van der Waals surface area contributed by atoms with Crippen LogP contribution in [0.2, 0.25) is 5.15 Å². The van der Waals surface area contributed by atoms with E-state index in [4.69, 9.17) is 16.3 Å². The highest BCUT2D eigenvalue weighted by Gasteiger charge is 2.20. The average Bonchev–Trinajstić information content (AvgIpc) is 2.67. The van der Waals surface area contributed by atoms with Crippen molar-refractivity contribution in [3.05, 3.63) is 10.5 Å². The number of nitrogens with zero attached hydrogens (tertiary/aromatic N) is 2. The molecule has 0 N–H and O–H groups in total. The highest BCUT2D eigenvalue weighted by molar-refractivity contribution is 7.14. The molecule has 0 saturated carbocycles. The Balaban J connectivity index is 1.88. The molecule has 2 rings (SSSR count). The van der Waals surface area contributed by atoms with Crippen LogP contribution >= 0.6 is 22.9 Å². The molecule has 1 fully saturated rings. The molecule has 0 amide bonds. The molecule has 1 aliphatic rings. The lowest BCUT2D eigenvalue weighted by Gasteiger charge is -2.31. The van der Waals surface area contributed by atoms with Gasteiger partial charge in [-0.3, -0.25) is 0 Å². The number of hydrogen-bond donors (Lipinski definition) is 0. The summed E-state index contributed by atoms with van der Waals surface area (Å²) in [6.07, 6.45) is 2.61. The Morgan fingerprint density at radius 1 is 1.60 bits per heavy atom. The average molecular weight is 247 g/mol. The number of piperidine rings is 1. The van der Waals surface area contributed by atoms with Crippen molar-refractivity contribution in [2.24, 2.45) is 0 Å². The molecule has 0 radical (unpaired) electrons. The minimum atomic E-state index is 0.432. The van der Waals surface area contributed by atoms with E-state index in [0.717, 1.165) is 37.7 Å². The van der Waals surface area contributed by atoms with Crippen LogP contribution < -0.4 is 4.90 Å². The zero-order valence-electron chi connectivity index (χ0n) is 8.78. The smallest absolute Gasteiger partial charge is 0.186 e. The number of halogens is 1. The molecule has 1 saturated heterocycles. The largest absolute Gasteiger partial charge is 0.378 e. The van der Waals surface area contributed by atoms with Gasteiger partial charge in [0.05, 0.1) is 6.10 Å². The van der Waals surface area contributed by atoms with Crippen molar-refractivity contribution in [2.75, 3.05) is 24.6 Å². The number of aromatic nitrogens is 1. The van der Waals surface area contributed by atoms with E-state index in [1.165, 1.54) is 0 Å². The summed E-state index contributed by atoms with van der Waals surface area (Å²) >= 11 is 7.42. The Morgan fingerprint density at radius 2 is 2.33 bits per heavy atom. The van der Waals surface area contributed by atoms with Crippen molar-refractivity contribution in [2.45, 2.75) is 25.9 Å². The van der Waals surface area contributed by atoms with Crippen molar-refractivity contribution < 1.29 is 4.74 Å². The molecule has 1 aromatic heterocycles. The minimum absolute atomic E-state index is 0.432. The van der Waals surface area contributed by atoms with Crippen LogP contribution in [0.3, 0.4) is 0 Å². The molecule has 0 aromatic carbocycles. The molecule has 1 aromatic rings. The van der Waals surface area contributed by atoms with Gasteiger partial charge in [0.25, 0.3) is 0 Å². The predicted octanol–water partition coefficient (Wildman–Crippen LogP) is 2.80. The monoisotopic (exact) mass is 246 g/mol. The first-order valence-corrected chi connectivity index (χ1v) is 6.53. The highest BCUT2D eigenvalue weighted by Crippen LogP contribution is 2.26. The second-order valence-electron chi connectivity index (χ2n) is 3.59. The van der Waals surface area contributed by atoms with Crippen molar-refractivity contribution in [3.8, 4) is 0 Å². The lowest BCUT2D eigenvalue weighted by atomic mass is 10.1. The lowest BCUT2D eigenvalue weighted by molar-refractivity contribution is 0.0459. The van der Waals surface area contributed by atoms with Crippen LogP contribution in [0.25, 0.3) is 0 Å². The summed E-state index contributed by atoms with van der Waals surface area (Å²) in [6, 6.07) is 0. The van der Waals surface area contributed by atoms with Gasteiger partial charge in [-0.1, -0.05) is 11.6 Å². The van der Waals surface area contributed by atoms with Crippen molar-refractivity contribution in [1.82, 2.24) is 4.98 Å². The van der Waals surface area contributed by atoms with Gasteiger partial charge in [0.15, 0.2) is 5.13 Å². The SMILES string of the molecule is CCOC1CCN(c2nc(Cl)cs2)CC1. The first-order chi connectivity index (χ1) is 7.29. The molecule has 0 bridgehead atoms. The Bertz CT molecular complexity index is 310. The molecular formula is C10H15ClN2OS. The van der Waals surface area contributed by atoms with Gasteiger partial charge in [0, 0.05) is 25.1 Å². The molecule has 15 heavy (non-hydrogen) atoms. The Labute approximate surface area is 99.0 Å². The zero-order chi connectivity index (χ0) is 10.7. The first kappa shape index (κ1) is 11.2. The summed E-state index contributed by atoms with van der Waals surface area (Å²) in [5, 5.41) is 3.52. The Kier molecular flexibility index (Phi) is 3.83. The quantitative estimate of drug-likeness (QED) is 0.820. The number of thiazole rings is 1. The van der Waals surface area contributed by atoms with Crippen molar-refractivity contribution in [1.29, 1.82) is 0 Å². The van der Waals surface area contributed by atoms with Gasteiger partial charge in [-0.2, -0.15) is 0 Å². The molecule has 0 unspecified atom stereocenters. The highest BCUT2D eigenvalue weighted by atomic mass is 35.5. The summed E-state index contributed by atoms with van der Waals surface area (Å²) in [7, 11) is 0. The van der Waals surface area contributed by atoms with E-state index in [-0.39, 0.29) is 0 Å². The van der Waals surface area contributed by atoms with E-state index >= 15 is 0 Å². The molecule has 3 nitrogen and oxygen atoms in total. The summed E-state index contributed by atoms with van der Waals surface area (Å²) in [4.78, 5) is 6.56. The molecule has 1 aliphatic heterocycles. The summed E-state index contributed by atoms with van der Waals surface area (Å²) in [5.74, 6) is 0. The van der Waals surface area contributed by atoms with Gasteiger partial charge in [-0.15, -0.1) is 11.3 Å². The van der Waals surface area contributed by atoms with E-state index in [9.17, 15) is 0 Å². The zero-order valence-corrected chi connectivity index (χ0v) is 10.4. The number of ether oxygens (including phenoxy) is 1. The third-order valence-electron chi connectivity index (χ3n) is 2.58. The second-order valence-corrected chi connectivity index (χ2v) is 4.82. The van der Waals surface area contributed by atoms with Crippen LogP contribution in [0.15, 0.2) is 5.38 Å². The molecule has 0 aliphatic carbocycles. The van der Waals surface area contributed by atoms with Gasteiger partial charge in [-0.25, -0.2) is 4.98 Å². The second kappa shape index (κ2) is 5.14. The van der Waals surface area contributed by atoms with Gasteiger partial charge in [0.1, 0.15) is 5.15 Å². The lowest BCUT2D eigenvalue weighted by Crippen LogP contribution is -2.36. The van der Waals surface area contributed by atoms with E-state index in [2.05, 4.69) is 9.88 Å². The maximum Gasteiger partial charge on any atom is 0.186 e. The standard InChI is InChI=1S/C10H15ClN2OS/c1-2-14-8-3-5-13(6-4-8)10-12-9(11)7-15-10/h7-8H,2-6H2,1H3. The first-order valence-electron chi connectivity index (χ1n) is 5.27. The number of hydrogen-bond acceptors (Lipinski definition) is 4. The summed E-state index contributed by atoms with van der Waals surface area (Å²) < 4.78 is 5.60. The van der Waals surface area contributed by atoms with E-state index in [1.54, 1.807) is 11.3 Å². The van der Waals surface area contributed by atoms with Crippen molar-refractivity contribution >= 4 is 28.1 Å². The normalized spacial score (nSPS) is 18.4. The molecule has 5 heteroatoms. The van der Waals surface area contributed by atoms with Crippen LogP contribution in [0.4, 0.5) is 5.13 Å². The number of rotatable bonds is 3. The maximum atomic E-state index is 5.81. The van der Waals surface area contributed by atoms with Crippen LogP contribution in [-0.4, -0.2) is 30.8 Å². The maximum absolute atomic E-state index is 5.81. The molecule has 0 spiro atoms. The Morgan fingerprint density at radius 3 is 2.87 bits per heavy atom. The minimum Gasteiger partial charge on any atom is -0.378 e.